The molecule has 12 heavy (non-hydrogen) atoms. The minimum atomic E-state index is -0.0747. The predicted molar refractivity (Wildman–Crippen MR) is 49.0 cm³/mol. The molecule has 1 fully saturated rings. The Morgan fingerprint density at radius 2 is 2.33 bits per heavy atom. The van der Waals surface area contributed by atoms with Crippen LogP contribution in [0.2, 0.25) is 0 Å². The summed E-state index contributed by atoms with van der Waals surface area (Å²) in [5, 5.41) is 9.44. The van der Waals surface area contributed by atoms with Gasteiger partial charge in [-0.05, 0) is 30.6 Å². The zero-order valence-electron chi connectivity index (χ0n) is 8.34. The summed E-state index contributed by atoms with van der Waals surface area (Å²) in [5.41, 5.74) is 0.301. The third kappa shape index (κ3) is 1.99. The zero-order valence-corrected chi connectivity index (χ0v) is 8.34. The third-order valence-corrected chi connectivity index (χ3v) is 3.36. The number of ether oxygens (including phenoxy) is 1. The summed E-state index contributed by atoms with van der Waals surface area (Å²) in [7, 11) is 1.74. The van der Waals surface area contributed by atoms with E-state index in [1.807, 2.05) is 0 Å². The van der Waals surface area contributed by atoms with Gasteiger partial charge in [0.15, 0.2) is 0 Å². The molecule has 0 bridgehead atoms. The molecule has 0 saturated heterocycles. The minimum absolute atomic E-state index is 0.0747. The SMILES string of the molecule is COCC(C)C1(C)CCC(O)C1. The molecule has 3 unspecified atom stereocenters. The molecule has 0 aliphatic heterocycles. The van der Waals surface area contributed by atoms with Crippen LogP contribution in [0.4, 0.5) is 0 Å². The molecular formula is C10H20O2. The lowest BCUT2D eigenvalue weighted by atomic mass is 9.77. The highest BCUT2D eigenvalue weighted by molar-refractivity contribution is 4.89. The molecular weight excluding hydrogens is 152 g/mol. The van der Waals surface area contributed by atoms with Crippen molar-refractivity contribution in [1.82, 2.24) is 0 Å². The molecule has 0 radical (unpaired) electrons. The van der Waals surface area contributed by atoms with Gasteiger partial charge >= 0.3 is 0 Å². The molecule has 0 aromatic carbocycles. The Labute approximate surface area is 74.9 Å². The van der Waals surface area contributed by atoms with Crippen LogP contribution in [0.15, 0.2) is 0 Å². The van der Waals surface area contributed by atoms with E-state index in [4.69, 9.17) is 4.74 Å². The lowest BCUT2D eigenvalue weighted by molar-refractivity contribution is 0.0721. The van der Waals surface area contributed by atoms with E-state index in [1.165, 1.54) is 0 Å². The minimum Gasteiger partial charge on any atom is -0.393 e. The molecule has 1 aliphatic carbocycles. The Kier molecular flexibility index (Phi) is 3.13. The Morgan fingerprint density at radius 3 is 2.75 bits per heavy atom. The van der Waals surface area contributed by atoms with Crippen LogP contribution in [-0.2, 0) is 4.74 Å². The lowest BCUT2D eigenvalue weighted by Crippen LogP contribution is -2.26. The van der Waals surface area contributed by atoms with Crippen molar-refractivity contribution in [1.29, 1.82) is 0 Å². The maximum Gasteiger partial charge on any atom is 0.0545 e. The summed E-state index contributed by atoms with van der Waals surface area (Å²) >= 11 is 0. The maximum absolute atomic E-state index is 9.44. The van der Waals surface area contributed by atoms with Crippen molar-refractivity contribution < 1.29 is 9.84 Å². The second-order valence-corrected chi connectivity index (χ2v) is 4.41. The van der Waals surface area contributed by atoms with E-state index in [-0.39, 0.29) is 6.10 Å². The predicted octanol–water partition coefficient (Wildman–Crippen LogP) is 1.82. The Bertz CT molecular complexity index is 147. The Balaban J connectivity index is 2.48. The van der Waals surface area contributed by atoms with E-state index in [0.717, 1.165) is 25.9 Å². The van der Waals surface area contributed by atoms with Crippen molar-refractivity contribution >= 4 is 0 Å². The van der Waals surface area contributed by atoms with Crippen LogP contribution in [0.1, 0.15) is 33.1 Å². The van der Waals surface area contributed by atoms with E-state index < -0.39 is 0 Å². The second-order valence-electron chi connectivity index (χ2n) is 4.41. The number of aliphatic hydroxyl groups is 1. The molecule has 1 aliphatic rings. The van der Waals surface area contributed by atoms with Gasteiger partial charge in [0.1, 0.15) is 0 Å². The molecule has 0 aromatic rings. The van der Waals surface area contributed by atoms with Gasteiger partial charge in [0.25, 0.3) is 0 Å². The van der Waals surface area contributed by atoms with Gasteiger partial charge in [0, 0.05) is 13.7 Å². The summed E-state index contributed by atoms with van der Waals surface area (Å²) in [4.78, 5) is 0. The van der Waals surface area contributed by atoms with E-state index in [1.54, 1.807) is 7.11 Å². The van der Waals surface area contributed by atoms with Crippen LogP contribution >= 0.6 is 0 Å². The fourth-order valence-corrected chi connectivity index (χ4v) is 2.14. The molecule has 1 saturated carbocycles. The summed E-state index contributed by atoms with van der Waals surface area (Å²) in [6.45, 7) is 5.28. The first-order valence-corrected chi connectivity index (χ1v) is 4.75. The summed E-state index contributed by atoms with van der Waals surface area (Å²) < 4.78 is 5.13. The van der Waals surface area contributed by atoms with Crippen LogP contribution in [0, 0.1) is 11.3 Å². The smallest absolute Gasteiger partial charge is 0.0545 e. The molecule has 0 aromatic heterocycles. The van der Waals surface area contributed by atoms with Crippen molar-refractivity contribution in [2.75, 3.05) is 13.7 Å². The Morgan fingerprint density at radius 1 is 1.67 bits per heavy atom. The van der Waals surface area contributed by atoms with E-state index in [2.05, 4.69) is 13.8 Å². The molecule has 72 valence electrons. The first-order chi connectivity index (χ1) is 5.58. The van der Waals surface area contributed by atoms with Crippen LogP contribution in [-0.4, -0.2) is 24.9 Å². The fourth-order valence-electron chi connectivity index (χ4n) is 2.14. The number of hydrogen-bond acceptors (Lipinski definition) is 2. The normalized spacial score (nSPS) is 38.5. The molecule has 1 rings (SSSR count). The maximum atomic E-state index is 9.44. The highest BCUT2D eigenvalue weighted by Crippen LogP contribution is 2.43. The van der Waals surface area contributed by atoms with Gasteiger partial charge in [0.2, 0.25) is 0 Å². The molecule has 0 amide bonds. The lowest BCUT2D eigenvalue weighted by Gasteiger charge is -2.30. The van der Waals surface area contributed by atoms with Crippen molar-refractivity contribution in [3.05, 3.63) is 0 Å². The van der Waals surface area contributed by atoms with Crippen LogP contribution in [0.3, 0.4) is 0 Å². The molecule has 2 heteroatoms. The van der Waals surface area contributed by atoms with Crippen molar-refractivity contribution in [2.45, 2.75) is 39.2 Å². The van der Waals surface area contributed by atoms with Gasteiger partial charge in [0.05, 0.1) is 6.10 Å². The van der Waals surface area contributed by atoms with Crippen molar-refractivity contribution in [3.8, 4) is 0 Å². The monoisotopic (exact) mass is 172 g/mol. The fraction of sp³-hybridized carbons (Fsp3) is 1.00. The number of aliphatic hydroxyl groups excluding tert-OH is 1. The number of rotatable bonds is 3. The first kappa shape index (κ1) is 10.0. The molecule has 0 spiro atoms. The van der Waals surface area contributed by atoms with Gasteiger partial charge in [-0.25, -0.2) is 0 Å². The first-order valence-electron chi connectivity index (χ1n) is 4.75. The van der Waals surface area contributed by atoms with Gasteiger partial charge in [-0.1, -0.05) is 13.8 Å². The quantitative estimate of drug-likeness (QED) is 0.703. The van der Waals surface area contributed by atoms with Crippen LogP contribution < -0.4 is 0 Å². The van der Waals surface area contributed by atoms with Crippen molar-refractivity contribution in [3.63, 3.8) is 0 Å². The molecule has 1 N–H and O–H groups in total. The largest absolute Gasteiger partial charge is 0.393 e. The van der Waals surface area contributed by atoms with Gasteiger partial charge in [-0.2, -0.15) is 0 Å². The third-order valence-electron chi connectivity index (χ3n) is 3.36. The zero-order chi connectivity index (χ0) is 9.19. The van der Waals surface area contributed by atoms with E-state index >= 15 is 0 Å². The summed E-state index contributed by atoms with van der Waals surface area (Å²) in [6.07, 6.45) is 2.97. The topological polar surface area (TPSA) is 29.5 Å². The van der Waals surface area contributed by atoms with Crippen LogP contribution in [0.25, 0.3) is 0 Å². The highest BCUT2D eigenvalue weighted by Gasteiger charge is 2.38. The van der Waals surface area contributed by atoms with Crippen LogP contribution in [0.5, 0.6) is 0 Å². The number of hydrogen-bond donors (Lipinski definition) is 1. The van der Waals surface area contributed by atoms with E-state index in [9.17, 15) is 5.11 Å². The molecule has 0 heterocycles. The Hall–Kier alpha value is -0.0800. The summed E-state index contributed by atoms with van der Waals surface area (Å²) in [5.74, 6) is 0.555. The standard InChI is InChI=1S/C10H20O2/c1-8(7-12-3)10(2)5-4-9(11)6-10/h8-9,11H,4-7H2,1-3H3. The highest BCUT2D eigenvalue weighted by atomic mass is 16.5. The van der Waals surface area contributed by atoms with E-state index in [0.29, 0.717) is 11.3 Å². The summed E-state index contributed by atoms with van der Waals surface area (Å²) in [6, 6.07) is 0. The number of methoxy groups -OCH3 is 1. The average Bonchev–Trinajstić information content (AvgIpc) is 2.33. The molecule has 3 atom stereocenters. The van der Waals surface area contributed by atoms with Gasteiger partial charge in [-0.15, -0.1) is 0 Å². The van der Waals surface area contributed by atoms with Gasteiger partial charge in [-0.3, -0.25) is 0 Å². The molecule has 2 nitrogen and oxygen atoms in total. The van der Waals surface area contributed by atoms with Crippen molar-refractivity contribution in [2.24, 2.45) is 11.3 Å². The average molecular weight is 172 g/mol. The second kappa shape index (κ2) is 3.75. The van der Waals surface area contributed by atoms with Gasteiger partial charge < -0.3 is 9.84 Å².